The van der Waals surface area contributed by atoms with E-state index < -0.39 is 29.6 Å². The number of ether oxygens (including phenoxy) is 1. The number of alkyl carbamates (subject to hydrolysis) is 1. The molecule has 180 valence electrons. The van der Waals surface area contributed by atoms with Gasteiger partial charge >= 0.3 is 12.1 Å². The highest BCUT2D eigenvalue weighted by Crippen LogP contribution is 2.44. The predicted octanol–water partition coefficient (Wildman–Crippen LogP) is 3.18. The van der Waals surface area contributed by atoms with Crippen LogP contribution in [0.5, 0.6) is 0 Å². The molecule has 1 saturated carbocycles. The van der Waals surface area contributed by atoms with E-state index in [4.69, 9.17) is 9.84 Å². The SMILES string of the molecule is O=C(O)CCC(NC(=O)OCC1c2ccccc2-c2ccccc21)C(=O)NC1(CCO)CCC1. The molecule has 2 aromatic rings. The second-order valence-corrected chi connectivity index (χ2v) is 9.05. The van der Waals surface area contributed by atoms with Gasteiger partial charge in [0.05, 0.1) is 0 Å². The Morgan fingerprint density at radius 3 is 2.18 bits per heavy atom. The van der Waals surface area contributed by atoms with Crippen LogP contribution in [-0.2, 0) is 14.3 Å². The van der Waals surface area contributed by atoms with E-state index >= 15 is 0 Å². The van der Waals surface area contributed by atoms with Crippen molar-refractivity contribution in [3.8, 4) is 11.1 Å². The number of nitrogens with one attached hydrogen (secondary N) is 2. The van der Waals surface area contributed by atoms with E-state index in [9.17, 15) is 19.5 Å². The summed E-state index contributed by atoms with van der Waals surface area (Å²) in [6, 6.07) is 14.9. The number of rotatable bonds is 10. The number of carboxylic acid groups (broad SMARTS) is 1. The van der Waals surface area contributed by atoms with Gasteiger partial charge < -0.3 is 25.6 Å². The Hall–Kier alpha value is -3.39. The van der Waals surface area contributed by atoms with Gasteiger partial charge in [-0.1, -0.05) is 48.5 Å². The van der Waals surface area contributed by atoms with Crippen molar-refractivity contribution in [3.05, 3.63) is 59.7 Å². The molecule has 2 aromatic carbocycles. The largest absolute Gasteiger partial charge is 0.481 e. The first kappa shape index (κ1) is 23.8. The van der Waals surface area contributed by atoms with Gasteiger partial charge in [-0.3, -0.25) is 9.59 Å². The number of aliphatic hydroxyl groups is 1. The lowest BCUT2D eigenvalue weighted by Crippen LogP contribution is -2.59. The second-order valence-electron chi connectivity index (χ2n) is 9.05. The standard InChI is InChI=1S/C26H30N2O6/c29-15-14-26(12-5-13-26)28-24(32)22(10-11-23(30)31)27-25(33)34-16-21-19-8-3-1-6-17(19)18-7-2-4-9-20(18)21/h1-4,6-9,21-22,29H,5,10-16H2,(H,27,33)(H,28,32)(H,30,31). The molecule has 0 saturated heterocycles. The average Bonchev–Trinajstić information content (AvgIpc) is 3.12. The summed E-state index contributed by atoms with van der Waals surface area (Å²) >= 11 is 0. The summed E-state index contributed by atoms with van der Waals surface area (Å²) in [5.41, 5.74) is 3.89. The van der Waals surface area contributed by atoms with Crippen LogP contribution in [0.1, 0.15) is 55.6 Å². The van der Waals surface area contributed by atoms with Crippen LogP contribution in [0.2, 0.25) is 0 Å². The molecule has 0 aromatic heterocycles. The van der Waals surface area contributed by atoms with Gasteiger partial charge in [0.15, 0.2) is 0 Å². The maximum absolute atomic E-state index is 12.9. The van der Waals surface area contributed by atoms with Gasteiger partial charge in [-0.15, -0.1) is 0 Å². The fraction of sp³-hybridized carbons (Fsp3) is 0.423. The summed E-state index contributed by atoms with van der Waals surface area (Å²) in [5, 5.41) is 23.9. The van der Waals surface area contributed by atoms with Crippen LogP contribution in [0, 0.1) is 0 Å². The summed E-state index contributed by atoms with van der Waals surface area (Å²) in [4.78, 5) is 36.7. The lowest BCUT2D eigenvalue weighted by Gasteiger charge is -2.43. The number of fused-ring (bicyclic) bond motifs is 3. The number of aliphatic carboxylic acids is 1. The third-order valence-electron chi connectivity index (χ3n) is 6.89. The third kappa shape index (κ3) is 5.07. The average molecular weight is 467 g/mol. The zero-order chi connectivity index (χ0) is 24.1. The first-order valence-corrected chi connectivity index (χ1v) is 11.7. The second kappa shape index (κ2) is 10.3. The number of aliphatic hydroxyl groups excluding tert-OH is 1. The van der Waals surface area contributed by atoms with E-state index in [2.05, 4.69) is 10.6 Å². The molecule has 2 aliphatic rings. The Morgan fingerprint density at radius 1 is 1.03 bits per heavy atom. The van der Waals surface area contributed by atoms with Crippen LogP contribution in [0.15, 0.2) is 48.5 Å². The van der Waals surface area contributed by atoms with Crippen molar-refractivity contribution < 1.29 is 29.3 Å². The van der Waals surface area contributed by atoms with Gasteiger partial charge in [-0.25, -0.2) is 4.79 Å². The summed E-state index contributed by atoms with van der Waals surface area (Å²) in [6.07, 6.45) is 1.77. The Morgan fingerprint density at radius 2 is 1.65 bits per heavy atom. The topological polar surface area (TPSA) is 125 Å². The molecular weight excluding hydrogens is 436 g/mol. The number of carbonyl (C=O) groups excluding carboxylic acids is 2. The summed E-state index contributed by atoms with van der Waals surface area (Å²) in [6.45, 7) is 0.0431. The third-order valence-corrected chi connectivity index (χ3v) is 6.89. The monoisotopic (exact) mass is 466 g/mol. The van der Waals surface area contributed by atoms with Crippen molar-refractivity contribution in [1.82, 2.24) is 10.6 Å². The van der Waals surface area contributed by atoms with Crippen molar-refractivity contribution in [1.29, 1.82) is 0 Å². The molecule has 4 rings (SSSR count). The van der Waals surface area contributed by atoms with Gasteiger partial charge in [0.2, 0.25) is 5.91 Å². The summed E-state index contributed by atoms with van der Waals surface area (Å²) in [5.74, 6) is -1.63. The van der Waals surface area contributed by atoms with Gasteiger partial charge in [0, 0.05) is 24.5 Å². The first-order chi connectivity index (χ1) is 16.4. The molecule has 0 aliphatic heterocycles. The number of amides is 2. The molecule has 8 heteroatoms. The molecule has 0 heterocycles. The smallest absolute Gasteiger partial charge is 0.407 e. The minimum atomic E-state index is -1.05. The zero-order valence-corrected chi connectivity index (χ0v) is 19.0. The number of hydrogen-bond acceptors (Lipinski definition) is 5. The summed E-state index contributed by atoms with van der Waals surface area (Å²) < 4.78 is 5.53. The molecule has 2 amide bonds. The molecule has 34 heavy (non-hydrogen) atoms. The minimum absolute atomic E-state index is 0.0550. The molecule has 2 aliphatic carbocycles. The number of carbonyl (C=O) groups is 3. The fourth-order valence-corrected chi connectivity index (χ4v) is 4.92. The molecule has 1 unspecified atom stereocenters. The molecule has 0 spiro atoms. The van der Waals surface area contributed by atoms with Gasteiger partial charge in [0.25, 0.3) is 0 Å². The molecule has 8 nitrogen and oxygen atoms in total. The molecule has 4 N–H and O–H groups in total. The van der Waals surface area contributed by atoms with Crippen LogP contribution in [0.25, 0.3) is 11.1 Å². The highest BCUT2D eigenvalue weighted by atomic mass is 16.5. The van der Waals surface area contributed by atoms with Gasteiger partial charge in [0.1, 0.15) is 12.6 Å². The van der Waals surface area contributed by atoms with Crippen molar-refractivity contribution in [2.45, 2.75) is 56.0 Å². The molecular formula is C26H30N2O6. The quantitative estimate of drug-likeness (QED) is 0.426. The Kier molecular flexibility index (Phi) is 7.17. The summed E-state index contributed by atoms with van der Waals surface area (Å²) in [7, 11) is 0. The van der Waals surface area contributed by atoms with E-state index in [1.807, 2.05) is 48.5 Å². The minimum Gasteiger partial charge on any atom is -0.481 e. The first-order valence-electron chi connectivity index (χ1n) is 11.7. The van der Waals surface area contributed by atoms with E-state index in [1.165, 1.54) is 0 Å². The van der Waals surface area contributed by atoms with E-state index in [-0.39, 0.29) is 32.0 Å². The van der Waals surface area contributed by atoms with Crippen molar-refractivity contribution in [2.24, 2.45) is 0 Å². The van der Waals surface area contributed by atoms with Crippen LogP contribution >= 0.6 is 0 Å². The predicted molar refractivity (Wildman–Crippen MR) is 125 cm³/mol. The van der Waals surface area contributed by atoms with Gasteiger partial charge in [-0.05, 0) is 54.4 Å². The zero-order valence-electron chi connectivity index (χ0n) is 19.0. The highest BCUT2D eigenvalue weighted by Gasteiger charge is 2.39. The van der Waals surface area contributed by atoms with Crippen molar-refractivity contribution in [2.75, 3.05) is 13.2 Å². The Balaban J connectivity index is 1.41. The maximum atomic E-state index is 12.9. The Labute approximate surface area is 198 Å². The van der Waals surface area contributed by atoms with Gasteiger partial charge in [-0.2, -0.15) is 0 Å². The van der Waals surface area contributed by atoms with E-state index in [0.29, 0.717) is 6.42 Å². The maximum Gasteiger partial charge on any atom is 0.407 e. The lowest BCUT2D eigenvalue weighted by molar-refractivity contribution is -0.137. The molecule has 1 fully saturated rings. The van der Waals surface area contributed by atoms with E-state index in [1.54, 1.807) is 0 Å². The van der Waals surface area contributed by atoms with Crippen LogP contribution < -0.4 is 10.6 Å². The molecule has 0 bridgehead atoms. The number of carboxylic acids is 1. The van der Waals surface area contributed by atoms with Crippen LogP contribution in [-0.4, -0.2) is 53.0 Å². The molecule has 0 radical (unpaired) electrons. The Bertz CT molecular complexity index is 1020. The van der Waals surface area contributed by atoms with E-state index in [0.717, 1.165) is 41.5 Å². The number of benzene rings is 2. The highest BCUT2D eigenvalue weighted by molar-refractivity contribution is 5.87. The van der Waals surface area contributed by atoms with Crippen LogP contribution in [0.3, 0.4) is 0 Å². The molecule has 1 atom stereocenters. The fourth-order valence-electron chi connectivity index (χ4n) is 4.92. The van der Waals surface area contributed by atoms with Crippen molar-refractivity contribution >= 4 is 18.0 Å². The van der Waals surface area contributed by atoms with Crippen molar-refractivity contribution in [3.63, 3.8) is 0 Å². The lowest BCUT2D eigenvalue weighted by atomic mass is 9.74. The number of hydrogen-bond donors (Lipinski definition) is 4. The van der Waals surface area contributed by atoms with Crippen LogP contribution in [0.4, 0.5) is 4.79 Å². The normalized spacial score (nSPS) is 16.5.